The summed E-state index contributed by atoms with van der Waals surface area (Å²) in [5, 5.41) is 5.88. The third-order valence-electron chi connectivity index (χ3n) is 6.20. The first-order valence-corrected chi connectivity index (χ1v) is 9.35. The third kappa shape index (κ3) is 2.26. The topological polar surface area (TPSA) is 61.4 Å². The Balaban J connectivity index is 1.56. The van der Waals surface area contributed by atoms with Crippen molar-refractivity contribution >= 4 is 23.2 Å². The Morgan fingerprint density at radius 1 is 1.19 bits per heavy atom. The molecular formula is C21H20FN3O2. The zero-order valence-electron chi connectivity index (χ0n) is 14.7. The van der Waals surface area contributed by atoms with E-state index in [9.17, 15) is 14.0 Å². The minimum Gasteiger partial charge on any atom is -0.326 e. The minimum absolute atomic E-state index is 0.118. The third-order valence-corrected chi connectivity index (χ3v) is 6.20. The number of carbonyl (C=O) groups is 2. The Hall–Kier alpha value is -2.73. The number of anilines is 2. The average molecular weight is 365 g/mol. The largest absolute Gasteiger partial charge is 0.326 e. The lowest BCUT2D eigenvalue weighted by Crippen LogP contribution is -2.53. The maximum atomic E-state index is 13.2. The number of amides is 2. The summed E-state index contributed by atoms with van der Waals surface area (Å²) in [4.78, 5) is 28.7. The molecule has 0 bridgehead atoms. The summed E-state index contributed by atoms with van der Waals surface area (Å²) in [6.07, 6.45) is 2.68. The SMILES string of the molecule is O=C(Nc1ccc(F)cc1)C1CC2CCCN2C12C(=O)Nc1ccccc12. The van der Waals surface area contributed by atoms with Gasteiger partial charge < -0.3 is 10.6 Å². The van der Waals surface area contributed by atoms with Crippen LogP contribution in [0.4, 0.5) is 15.8 Å². The molecule has 1 spiro atoms. The van der Waals surface area contributed by atoms with Crippen molar-refractivity contribution in [1.29, 1.82) is 0 Å². The van der Waals surface area contributed by atoms with Crippen LogP contribution in [-0.4, -0.2) is 29.3 Å². The van der Waals surface area contributed by atoms with E-state index in [1.54, 1.807) is 12.1 Å². The Morgan fingerprint density at radius 3 is 2.78 bits per heavy atom. The Kier molecular flexibility index (Phi) is 3.59. The van der Waals surface area contributed by atoms with Crippen LogP contribution in [-0.2, 0) is 15.1 Å². The smallest absolute Gasteiger partial charge is 0.250 e. The quantitative estimate of drug-likeness (QED) is 0.860. The summed E-state index contributed by atoms with van der Waals surface area (Å²) in [5.74, 6) is -1.15. The van der Waals surface area contributed by atoms with E-state index in [4.69, 9.17) is 0 Å². The van der Waals surface area contributed by atoms with Gasteiger partial charge in [-0.25, -0.2) is 4.39 Å². The summed E-state index contributed by atoms with van der Waals surface area (Å²) in [6, 6.07) is 13.6. The van der Waals surface area contributed by atoms with Gasteiger partial charge in [0.1, 0.15) is 11.4 Å². The number of carbonyl (C=O) groups excluding carboxylic acids is 2. The molecule has 0 radical (unpaired) electrons. The maximum Gasteiger partial charge on any atom is 0.250 e. The Labute approximate surface area is 156 Å². The highest BCUT2D eigenvalue weighted by atomic mass is 19.1. The van der Waals surface area contributed by atoms with E-state index in [0.29, 0.717) is 12.1 Å². The predicted octanol–water partition coefficient (Wildman–Crippen LogP) is 3.10. The summed E-state index contributed by atoms with van der Waals surface area (Å²) >= 11 is 0. The van der Waals surface area contributed by atoms with Crippen LogP contribution in [0.5, 0.6) is 0 Å². The highest BCUT2D eigenvalue weighted by molar-refractivity contribution is 6.10. The fraction of sp³-hybridized carbons (Fsp3) is 0.333. The van der Waals surface area contributed by atoms with Crippen molar-refractivity contribution in [3.63, 3.8) is 0 Å². The number of nitrogens with zero attached hydrogens (tertiary/aromatic N) is 1. The molecule has 6 heteroatoms. The first-order valence-electron chi connectivity index (χ1n) is 9.35. The van der Waals surface area contributed by atoms with Crippen molar-refractivity contribution in [1.82, 2.24) is 4.90 Å². The second-order valence-corrected chi connectivity index (χ2v) is 7.54. The molecule has 0 aromatic heterocycles. The van der Waals surface area contributed by atoms with Crippen molar-refractivity contribution in [3.05, 3.63) is 59.9 Å². The highest BCUT2D eigenvalue weighted by Crippen LogP contribution is 2.55. The van der Waals surface area contributed by atoms with Crippen molar-refractivity contribution < 1.29 is 14.0 Å². The average Bonchev–Trinajstić information content (AvgIpc) is 3.32. The second-order valence-electron chi connectivity index (χ2n) is 7.54. The molecule has 2 aromatic rings. The van der Waals surface area contributed by atoms with Gasteiger partial charge >= 0.3 is 0 Å². The molecule has 2 amide bonds. The summed E-state index contributed by atoms with van der Waals surface area (Å²) in [5.41, 5.74) is 1.26. The lowest BCUT2D eigenvalue weighted by atomic mass is 9.78. The first-order chi connectivity index (χ1) is 13.1. The van der Waals surface area contributed by atoms with Gasteiger partial charge in [-0.1, -0.05) is 18.2 Å². The van der Waals surface area contributed by atoms with E-state index in [-0.39, 0.29) is 23.7 Å². The van der Waals surface area contributed by atoms with E-state index in [0.717, 1.165) is 30.6 Å². The zero-order chi connectivity index (χ0) is 18.6. The van der Waals surface area contributed by atoms with Gasteiger partial charge in [-0.05, 0) is 56.1 Å². The van der Waals surface area contributed by atoms with Crippen molar-refractivity contribution in [2.24, 2.45) is 5.92 Å². The monoisotopic (exact) mass is 365 g/mol. The number of para-hydroxylation sites is 1. The molecule has 27 heavy (non-hydrogen) atoms. The van der Waals surface area contributed by atoms with Crippen LogP contribution in [0.1, 0.15) is 24.8 Å². The molecule has 3 aliphatic rings. The Morgan fingerprint density at radius 2 is 1.96 bits per heavy atom. The molecule has 2 saturated heterocycles. The molecule has 138 valence electrons. The van der Waals surface area contributed by atoms with Gasteiger partial charge in [-0.2, -0.15) is 0 Å². The van der Waals surface area contributed by atoms with Crippen molar-refractivity contribution in [2.75, 3.05) is 17.2 Å². The first kappa shape index (κ1) is 16.4. The molecule has 3 heterocycles. The van der Waals surface area contributed by atoms with Gasteiger partial charge in [0.2, 0.25) is 11.8 Å². The van der Waals surface area contributed by atoms with Crippen molar-refractivity contribution in [2.45, 2.75) is 30.8 Å². The van der Waals surface area contributed by atoms with Crippen LogP contribution in [0.25, 0.3) is 0 Å². The van der Waals surface area contributed by atoms with Gasteiger partial charge in [0.05, 0.1) is 5.92 Å². The maximum absolute atomic E-state index is 13.2. The van der Waals surface area contributed by atoms with Gasteiger partial charge in [0.15, 0.2) is 0 Å². The number of halogens is 1. The summed E-state index contributed by atoms with van der Waals surface area (Å²) in [7, 11) is 0. The molecule has 3 atom stereocenters. The van der Waals surface area contributed by atoms with Gasteiger partial charge in [0, 0.05) is 23.0 Å². The van der Waals surface area contributed by atoms with E-state index in [1.165, 1.54) is 12.1 Å². The summed E-state index contributed by atoms with van der Waals surface area (Å²) in [6.45, 7) is 0.812. The van der Waals surface area contributed by atoms with E-state index < -0.39 is 11.5 Å². The van der Waals surface area contributed by atoms with Crippen LogP contribution in [0.3, 0.4) is 0 Å². The van der Waals surface area contributed by atoms with Crippen LogP contribution in [0.15, 0.2) is 48.5 Å². The molecule has 2 fully saturated rings. The van der Waals surface area contributed by atoms with Crippen LogP contribution in [0.2, 0.25) is 0 Å². The zero-order valence-corrected chi connectivity index (χ0v) is 14.7. The second kappa shape index (κ2) is 5.89. The van der Waals surface area contributed by atoms with Crippen LogP contribution in [0, 0.1) is 11.7 Å². The molecule has 2 aromatic carbocycles. The molecule has 0 aliphatic carbocycles. The molecule has 3 unspecified atom stereocenters. The molecule has 5 nitrogen and oxygen atoms in total. The molecule has 0 saturated carbocycles. The fourth-order valence-electron chi connectivity index (χ4n) is 5.14. The lowest BCUT2D eigenvalue weighted by molar-refractivity contribution is -0.135. The number of hydrogen-bond acceptors (Lipinski definition) is 3. The number of hydrogen-bond donors (Lipinski definition) is 2. The van der Waals surface area contributed by atoms with E-state index in [2.05, 4.69) is 15.5 Å². The number of nitrogens with one attached hydrogen (secondary N) is 2. The van der Waals surface area contributed by atoms with Gasteiger partial charge in [-0.3, -0.25) is 14.5 Å². The molecule has 5 rings (SSSR count). The summed E-state index contributed by atoms with van der Waals surface area (Å²) < 4.78 is 13.2. The standard InChI is InChI=1S/C21H20FN3O2/c22-13-7-9-14(10-8-13)23-19(26)17-12-15-4-3-11-25(15)21(17)16-5-1-2-6-18(16)24-20(21)27/h1-2,5-10,15,17H,3-4,11-12H2,(H,23,26)(H,24,27). The van der Waals surface area contributed by atoms with E-state index >= 15 is 0 Å². The Bertz CT molecular complexity index is 929. The number of fused-ring (bicyclic) bond motifs is 4. The van der Waals surface area contributed by atoms with Crippen molar-refractivity contribution in [3.8, 4) is 0 Å². The normalized spacial score (nSPS) is 28.9. The molecule has 2 N–H and O–H groups in total. The fourth-order valence-corrected chi connectivity index (χ4v) is 5.14. The van der Waals surface area contributed by atoms with Crippen LogP contribution >= 0.6 is 0 Å². The number of benzene rings is 2. The van der Waals surface area contributed by atoms with Crippen LogP contribution < -0.4 is 10.6 Å². The molecular weight excluding hydrogens is 345 g/mol. The molecule has 3 aliphatic heterocycles. The predicted molar refractivity (Wildman–Crippen MR) is 99.6 cm³/mol. The van der Waals surface area contributed by atoms with Gasteiger partial charge in [0.25, 0.3) is 0 Å². The van der Waals surface area contributed by atoms with Gasteiger partial charge in [-0.15, -0.1) is 0 Å². The van der Waals surface area contributed by atoms with E-state index in [1.807, 2.05) is 24.3 Å². The highest BCUT2D eigenvalue weighted by Gasteiger charge is 2.65. The minimum atomic E-state index is -0.956. The lowest BCUT2D eigenvalue weighted by Gasteiger charge is -2.36. The number of rotatable bonds is 2.